The van der Waals surface area contributed by atoms with E-state index in [1.54, 1.807) is 32.3 Å². The zero-order chi connectivity index (χ0) is 15.7. The van der Waals surface area contributed by atoms with Gasteiger partial charge in [0, 0.05) is 39.0 Å². The maximum atomic E-state index is 12.4. The first kappa shape index (κ1) is 16.7. The SMILES string of the molecule is CNC(=O)CCN(C)C(=O)c1ccccc1C#CCCO. The number of hydrogen-bond donors (Lipinski definition) is 2. The molecular formula is C16H20N2O3. The highest BCUT2D eigenvalue weighted by Crippen LogP contribution is 2.10. The second-order valence-corrected chi connectivity index (χ2v) is 4.47. The van der Waals surface area contributed by atoms with Crippen LogP contribution in [0.1, 0.15) is 28.8 Å². The summed E-state index contributed by atoms with van der Waals surface area (Å²) >= 11 is 0. The van der Waals surface area contributed by atoms with Gasteiger partial charge in [-0.3, -0.25) is 9.59 Å². The van der Waals surface area contributed by atoms with Gasteiger partial charge in [0.05, 0.1) is 12.2 Å². The molecule has 5 heteroatoms. The molecule has 0 aliphatic heterocycles. The van der Waals surface area contributed by atoms with E-state index in [1.807, 2.05) is 6.07 Å². The summed E-state index contributed by atoms with van der Waals surface area (Å²) in [6.45, 7) is 0.339. The van der Waals surface area contributed by atoms with E-state index in [2.05, 4.69) is 17.2 Å². The monoisotopic (exact) mass is 288 g/mol. The Morgan fingerprint density at radius 3 is 2.71 bits per heavy atom. The molecule has 2 N–H and O–H groups in total. The standard InChI is InChI=1S/C16H20N2O3/c1-17-15(20)10-11-18(2)16(21)14-9-4-3-7-13(14)8-5-6-12-19/h3-4,7,9,19H,6,10-12H2,1-2H3,(H,17,20). The summed E-state index contributed by atoms with van der Waals surface area (Å²) in [6, 6.07) is 7.06. The number of nitrogens with zero attached hydrogens (tertiary/aromatic N) is 1. The Morgan fingerprint density at radius 1 is 1.33 bits per heavy atom. The number of rotatable bonds is 5. The van der Waals surface area contributed by atoms with E-state index in [1.165, 1.54) is 4.90 Å². The van der Waals surface area contributed by atoms with Crippen molar-refractivity contribution in [2.75, 3.05) is 27.2 Å². The van der Waals surface area contributed by atoms with E-state index in [0.29, 0.717) is 24.1 Å². The van der Waals surface area contributed by atoms with Crippen LogP contribution >= 0.6 is 0 Å². The summed E-state index contributed by atoms with van der Waals surface area (Å²) < 4.78 is 0. The minimum absolute atomic E-state index is 0.00482. The summed E-state index contributed by atoms with van der Waals surface area (Å²) in [5.74, 6) is 5.42. The second-order valence-electron chi connectivity index (χ2n) is 4.47. The molecule has 2 amide bonds. The molecule has 0 radical (unpaired) electrons. The third-order valence-corrected chi connectivity index (χ3v) is 2.92. The summed E-state index contributed by atoms with van der Waals surface area (Å²) in [5, 5.41) is 11.3. The van der Waals surface area contributed by atoms with Gasteiger partial charge in [-0.15, -0.1) is 0 Å². The molecule has 0 fully saturated rings. The first-order valence-electron chi connectivity index (χ1n) is 6.75. The molecule has 1 aromatic carbocycles. The first-order chi connectivity index (χ1) is 10.1. The Bertz CT molecular complexity index is 558. The van der Waals surface area contributed by atoms with Crippen LogP contribution in [0, 0.1) is 11.8 Å². The number of amides is 2. The molecular weight excluding hydrogens is 268 g/mol. The fourth-order valence-electron chi connectivity index (χ4n) is 1.69. The Labute approximate surface area is 125 Å². The lowest BCUT2D eigenvalue weighted by molar-refractivity contribution is -0.120. The fourth-order valence-corrected chi connectivity index (χ4v) is 1.69. The quantitative estimate of drug-likeness (QED) is 0.781. The van der Waals surface area contributed by atoms with Crippen molar-refractivity contribution in [2.45, 2.75) is 12.8 Å². The van der Waals surface area contributed by atoms with Crippen molar-refractivity contribution in [3.05, 3.63) is 35.4 Å². The van der Waals surface area contributed by atoms with Gasteiger partial charge in [-0.2, -0.15) is 0 Å². The van der Waals surface area contributed by atoms with E-state index in [4.69, 9.17) is 5.11 Å². The summed E-state index contributed by atoms with van der Waals surface area (Å²) in [6.07, 6.45) is 0.631. The molecule has 0 bridgehead atoms. The molecule has 1 rings (SSSR count). The molecule has 5 nitrogen and oxygen atoms in total. The normalized spacial score (nSPS) is 9.48. The molecule has 0 unspecified atom stereocenters. The zero-order valence-electron chi connectivity index (χ0n) is 12.3. The van der Waals surface area contributed by atoms with Crippen molar-refractivity contribution < 1.29 is 14.7 Å². The highest BCUT2D eigenvalue weighted by molar-refractivity contribution is 5.96. The van der Waals surface area contributed by atoms with Crippen molar-refractivity contribution >= 4 is 11.8 Å². The Morgan fingerprint density at radius 2 is 2.05 bits per heavy atom. The average Bonchev–Trinajstić information content (AvgIpc) is 2.52. The lowest BCUT2D eigenvalue weighted by Gasteiger charge is -2.17. The van der Waals surface area contributed by atoms with Crippen molar-refractivity contribution in [3.63, 3.8) is 0 Å². The molecule has 0 aliphatic rings. The van der Waals surface area contributed by atoms with Gasteiger partial charge in [0.1, 0.15) is 0 Å². The van der Waals surface area contributed by atoms with E-state index in [9.17, 15) is 9.59 Å². The van der Waals surface area contributed by atoms with Gasteiger partial charge in [0.15, 0.2) is 0 Å². The first-order valence-corrected chi connectivity index (χ1v) is 6.75. The van der Waals surface area contributed by atoms with Gasteiger partial charge in [-0.1, -0.05) is 24.0 Å². The van der Waals surface area contributed by atoms with Crippen LogP contribution < -0.4 is 5.32 Å². The van der Waals surface area contributed by atoms with Gasteiger partial charge in [-0.05, 0) is 12.1 Å². The Hall–Kier alpha value is -2.32. The molecule has 0 saturated heterocycles. The number of carbonyl (C=O) groups is 2. The Kier molecular flexibility index (Phi) is 6.99. The largest absolute Gasteiger partial charge is 0.395 e. The second kappa shape index (κ2) is 8.77. The smallest absolute Gasteiger partial charge is 0.254 e. The minimum atomic E-state index is -0.173. The van der Waals surface area contributed by atoms with Crippen LogP contribution in [-0.2, 0) is 4.79 Å². The van der Waals surface area contributed by atoms with E-state index in [-0.39, 0.29) is 24.8 Å². The maximum Gasteiger partial charge on any atom is 0.254 e. The number of carbonyl (C=O) groups excluding carboxylic acids is 2. The van der Waals surface area contributed by atoms with Crippen LogP contribution in [0.5, 0.6) is 0 Å². The third-order valence-electron chi connectivity index (χ3n) is 2.92. The molecule has 112 valence electrons. The fraction of sp³-hybridized carbons (Fsp3) is 0.375. The number of nitrogens with one attached hydrogen (secondary N) is 1. The van der Waals surface area contributed by atoms with Crippen LogP contribution in [0.2, 0.25) is 0 Å². The van der Waals surface area contributed by atoms with Gasteiger partial charge in [0.25, 0.3) is 5.91 Å². The molecule has 1 aromatic rings. The molecule has 0 aliphatic carbocycles. The molecule has 0 heterocycles. The lowest BCUT2D eigenvalue weighted by Crippen LogP contribution is -2.31. The van der Waals surface area contributed by atoms with Gasteiger partial charge in [-0.25, -0.2) is 0 Å². The van der Waals surface area contributed by atoms with E-state index < -0.39 is 0 Å². The van der Waals surface area contributed by atoms with E-state index in [0.717, 1.165) is 0 Å². The highest BCUT2D eigenvalue weighted by atomic mass is 16.2. The van der Waals surface area contributed by atoms with Gasteiger partial charge < -0.3 is 15.3 Å². The van der Waals surface area contributed by atoms with Crippen molar-refractivity contribution in [1.29, 1.82) is 0 Å². The van der Waals surface area contributed by atoms with Crippen molar-refractivity contribution in [1.82, 2.24) is 10.2 Å². The summed E-state index contributed by atoms with van der Waals surface area (Å²) in [5.41, 5.74) is 1.13. The van der Waals surface area contributed by atoms with Gasteiger partial charge in [0.2, 0.25) is 5.91 Å². The average molecular weight is 288 g/mol. The van der Waals surface area contributed by atoms with Crippen LogP contribution in [0.4, 0.5) is 0 Å². The number of aliphatic hydroxyl groups excluding tert-OH is 1. The predicted molar refractivity (Wildman–Crippen MR) is 80.7 cm³/mol. The molecule has 0 aromatic heterocycles. The molecule has 0 saturated carbocycles. The van der Waals surface area contributed by atoms with Crippen LogP contribution in [0.15, 0.2) is 24.3 Å². The minimum Gasteiger partial charge on any atom is -0.395 e. The molecule has 0 atom stereocenters. The van der Waals surface area contributed by atoms with Crippen LogP contribution in [0.25, 0.3) is 0 Å². The third kappa shape index (κ3) is 5.28. The number of hydrogen-bond acceptors (Lipinski definition) is 3. The zero-order valence-corrected chi connectivity index (χ0v) is 12.3. The van der Waals surface area contributed by atoms with Gasteiger partial charge >= 0.3 is 0 Å². The van der Waals surface area contributed by atoms with Crippen LogP contribution in [0.3, 0.4) is 0 Å². The highest BCUT2D eigenvalue weighted by Gasteiger charge is 2.15. The van der Waals surface area contributed by atoms with Crippen molar-refractivity contribution in [3.8, 4) is 11.8 Å². The summed E-state index contributed by atoms with van der Waals surface area (Å²) in [7, 11) is 3.22. The maximum absolute atomic E-state index is 12.4. The predicted octanol–water partition coefficient (Wildman–Crippen LogP) is 0.629. The molecule has 21 heavy (non-hydrogen) atoms. The molecule has 0 spiro atoms. The van der Waals surface area contributed by atoms with E-state index >= 15 is 0 Å². The lowest BCUT2D eigenvalue weighted by atomic mass is 10.1. The Balaban J connectivity index is 2.82. The number of benzene rings is 1. The van der Waals surface area contributed by atoms with Crippen LogP contribution in [-0.4, -0.2) is 49.1 Å². The number of aliphatic hydroxyl groups is 1. The topological polar surface area (TPSA) is 69.6 Å². The summed E-state index contributed by atoms with van der Waals surface area (Å²) in [4.78, 5) is 25.1. The van der Waals surface area contributed by atoms with Crippen molar-refractivity contribution in [2.24, 2.45) is 0 Å².